The minimum Gasteiger partial charge on any atom is -0.410 e. The Kier molecular flexibility index (Phi) is 1.75. The van der Waals surface area contributed by atoms with Gasteiger partial charge in [-0.05, 0) is 6.92 Å². The molecule has 4 heteroatoms. The molecule has 0 aromatic rings. The molecule has 0 amide bonds. The summed E-state index contributed by atoms with van der Waals surface area (Å²) in [6, 6.07) is 0. The van der Waals surface area contributed by atoms with E-state index in [0.29, 0.717) is 11.0 Å². The molecule has 1 rings (SSSR count). The van der Waals surface area contributed by atoms with E-state index in [1.165, 1.54) is 11.8 Å². The zero-order valence-electron chi connectivity index (χ0n) is 4.50. The third-order valence-corrected chi connectivity index (χ3v) is 1.93. The van der Waals surface area contributed by atoms with E-state index in [-0.39, 0.29) is 6.10 Å². The van der Waals surface area contributed by atoms with Gasteiger partial charge in [-0.3, -0.25) is 0 Å². The Morgan fingerprint density at radius 1 is 2.00 bits per heavy atom. The van der Waals surface area contributed by atoms with Crippen LogP contribution >= 0.6 is 11.8 Å². The standard InChI is InChI=1S/C4H7NO2S/c1-3-4(5-6)8-2-7-3/h3,6H,2H2,1H3/b5-4-. The Labute approximate surface area is 51.7 Å². The van der Waals surface area contributed by atoms with Crippen LogP contribution in [-0.2, 0) is 4.74 Å². The molecule has 1 heterocycles. The van der Waals surface area contributed by atoms with Crippen molar-refractivity contribution in [3.8, 4) is 0 Å². The maximum absolute atomic E-state index is 8.22. The predicted molar refractivity (Wildman–Crippen MR) is 32.2 cm³/mol. The normalized spacial score (nSPS) is 34.1. The van der Waals surface area contributed by atoms with Crippen molar-refractivity contribution in [1.29, 1.82) is 0 Å². The van der Waals surface area contributed by atoms with Crippen LogP contribution < -0.4 is 0 Å². The number of thioether (sulfide) groups is 1. The molecule has 8 heavy (non-hydrogen) atoms. The second-order valence-electron chi connectivity index (χ2n) is 1.51. The quantitative estimate of drug-likeness (QED) is 0.394. The summed E-state index contributed by atoms with van der Waals surface area (Å²) in [5.41, 5.74) is 0. The predicted octanol–water partition coefficient (Wildman–Crippen LogP) is 0.883. The summed E-state index contributed by atoms with van der Waals surface area (Å²) in [7, 11) is 0. The molecule has 1 atom stereocenters. The van der Waals surface area contributed by atoms with Crippen LogP contribution in [0.3, 0.4) is 0 Å². The summed E-state index contributed by atoms with van der Waals surface area (Å²) in [5, 5.41) is 11.9. The third kappa shape index (κ3) is 0.952. The molecular weight excluding hydrogens is 126 g/mol. The highest BCUT2D eigenvalue weighted by Crippen LogP contribution is 2.18. The van der Waals surface area contributed by atoms with Gasteiger partial charge in [-0.25, -0.2) is 0 Å². The van der Waals surface area contributed by atoms with Gasteiger partial charge in [0, 0.05) is 0 Å². The maximum Gasteiger partial charge on any atom is 0.143 e. The van der Waals surface area contributed by atoms with Gasteiger partial charge >= 0.3 is 0 Å². The van der Waals surface area contributed by atoms with Crippen LogP contribution in [0.25, 0.3) is 0 Å². The van der Waals surface area contributed by atoms with Gasteiger partial charge in [-0.15, -0.1) is 0 Å². The van der Waals surface area contributed by atoms with Crippen molar-refractivity contribution < 1.29 is 9.94 Å². The van der Waals surface area contributed by atoms with Gasteiger partial charge in [0.25, 0.3) is 0 Å². The van der Waals surface area contributed by atoms with Gasteiger partial charge in [0.15, 0.2) is 0 Å². The monoisotopic (exact) mass is 133 g/mol. The molecule has 0 aromatic carbocycles. The van der Waals surface area contributed by atoms with Crippen molar-refractivity contribution in [2.45, 2.75) is 13.0 Å². The number of rotatable bonds is 0. The molecule has 0 bridgehead atoms. The summed E-state index contributed by atoms with van der Waals surface area (Å²) in [4.78, 5) is 0. The molecule has 1 aliphatic rings. The van der Waals surface area contributed by atoms with Crippen LogP contribution in [0, 0.1) is 0 Å². The fraction of sp³-hybridized carbons (Fsp3) is 0.750. The molecule has 3 nitrogen and oxygen atoms in total. The number of nitrogens with zero attached hydrogens (tertiary/aromatic N) is 1. The third-order valence-electron chi connectivity index (χ3n) is 0.971. The van der Waals surface area contributed by atoms with Gasteiger partial charge in [-0.2, -0.15) is 0 Å². The van der Waals surface area contributed by atoms with Crippen LogP contribution in [-0.4, -0.2) is 22.3 Å². The van der Waals surface area contributed by atoms with Crippen LogP contribution in [0.4, 0.5) is 0 Å². The molecule has 0 radical (unpaired) electrons. The number of hydrogen-bond acceptors (Lipinski definition) is 4. The van der Waals surface area contributed by atoms with E-state index in [1.807, 2.05) is 6.92 Å². The lowest BCUT2D eigenvalue weighted by atomic mass is 10.4. The first-order chi connectivity index (χ1) is 3.84. The zero-order valence-corrected chi connectivity index (χ0v) is 5.31. The first kappa shape index (κ1) is 5.91. The molecule has 0 saturated carbocycles. The van der Waals surface area contributed by atoms with Gasteiger partial charge in [0.1, 0.15) is 11.1 Å². The molecule has 1 unspecified atom stereocenters. The molecule has 46 valence electrons. The Morgan fingerprint density at radius 3 is 3.00 bits per heavy atom. The number of oxime groups is 1. The van der Waals surface area contributed by atoms with Gasteiger partial charge < -0.3 is 9.94 Å². The van der Waals surface area contributed by atoms with Crippen LogP contribution in [0.1, 0.15) is 6.92 Å². The highest BCUT2D eigenvalue weighted by atomic mass is 32.2. The minimum absolute atomic E-state index is 0.00926. The first-order valence-corrected chi connectivity index (χ1v) is 3.29. The van der Waals surface area contributed by atoms with E-state index >= 15 is 0 Å². The molecular formula is C4H7NO2S. The number of ether oxygens (including phenoxy) is 1. The number of hydrogen-bond donors (Lipinski definition) is 1. The van der Waals surface area contributed by atoms with Crippen LogP contribution in [0.2, 0.25) is 0 Å². The average molecular weight is 133 g/mol. The fourth-order valence-corrected chi connectivity index (χ4v) is 1.25. The Hall–Kier alpha value is -0.220. The molecule has 1 N–H and O–H groups in total. The van der Waals surface area contributed by atoms with E-state index < -0.39 is 0 Å². The second-order valence-corrected chi connectivity index (χ2v) is 2.45. The molecule has 1 aliphatic heterocycles. The lowest BCUT2D eigenvalue weighted by Crippen LogP contribution is -2.07. The van der Waals surface area contributed by atoms with Crippen molar-refractivity contribution in [2.24, 2.45) is 5.16 Å². The lowest BCUT2D eigenvalue weighted by Gasteiger charge is -1.95. The van der Waals surface area contributed by atoms with E-state index in [4.69, 9.17) is 9.94 Å². The van der Waals surface area contributed by atoms with E-state index in [2.05, 4.69) is 5.16 Å². The summed E-state index contributed by atoms with van der Waals surface area (Å²) in [6.07, 6.45) is -0.00926. The SMILES string of the molecule is CC1OCS/C1=N\O. The van der Waals surface area contributed by atoms with E-state index in [0.717, 1.165) is 0 Å². The smallest absolute Gasteiger partial charge is 0.143 e. The van der Waals surface area contributed by atoms with Crippen molar-refractivity contribution in [2.75, 3.05) is 5.94 Å². The largest absolute Gasteiger partial charge is 0.410 e. The van der Waals surface area contributed by atoms with Crippen LogP contribution in [0.5, 0.6) is 0 Å². The van der Waals surface area contributed by atoms with E-state index in [1.54, 1.807) is 0 Å². The molecule has 0 aliphatic carbocycles. The van der Waals surface area contributed by atoms with Gasteiger partial charge in [-0.1, -0.05) is 16.9 Å². The minimum atomic E-state index is -0.00926. The molecule has 1 saturated heterocycles. The molecule has 0 aromatic heterocycles. The maximum atomic E-state index is 8.22. The fourth-order valence-electron chi connectivity index (χ4n) is 0.495. The molecule has 0 spiro atoms. The van der Waals surface area contributed by atoms with Gasteiger partial charge in [0.2, 0.25) is 0 Å². The Bertz CT molecular complexity index is 115. The van der Waals surface area contributed by atoms with Crippen molar-refractivity contribution in [3.63, 3.8) is 0 Å². The summed E-state index contributed by atoms with van der Waals surface area (Å²) < 4.78 is 5.03. The van der Waals surface area contributed by atoms with Gasteiger partial charge in [0.05, 0.1) is 5.94 Å². The summed E-state index contributed by atoms with van der Waals surface area (Å²) in [6.45, 7) is 1.86. The highest BCUT2D eigenvalue weighted by Gasteiger charge is 2.19. The van der Waals surface area contributed by atoms with Crippen LogP contribution in [0.15, 0.2) is 5.16 Å². The zero-order chi connectivity index (χ0) is 5.98. The Morgan fingerprint density at radius 2 is 2.75 bits per heavy atom. The highest BCUT2D eigenvalue weighted by molar-refractivity contribution is 8.14. The topological polar surface area (TPSA) is 41.8 Å². The van der Waals surface area contributed by atoms with Crippen molar-refractivity contribution >= 4 is 16.8 Å². The van der Waals surface area contributed by atoms with Crippen molar-refractivity contribution in [3.05, 3.63) is 0 Å². The van der Waals surface area contributed by atoms with Crippen molar-refractivity contribution in [1.82, 2.24) is 0 Å². The summed E-state index contributed by atoms with van der Waals surface area (Å²) in [5.74, 6) is 0.612. The summed E-state index contributed by atoms with van der Waals surface area (Å²) >= 11 is 1.43. The Balaban J connectivity index is 2.55. The average Bonchev–Trinajstić information content (AvgIpc) is 2.14. The lowest BCUT2D eigenvalue weighted by molar-refractivity contribution is 0.164. The van der Waals surface area contributed by atoms with E-state index in [9.17, 15) is 0 Å². The first-order valence-electron chi connectivity index (χ1n) is 2.31. The second kappa shape index (κ2) is 2.37. The molecule has 1 fully saturated rings.